The molecule has 0 amide bonds. The van der Waals surface area contributed by atoms with Crippen LogP contribution < -0.4 is 4.74 Å². The summed E-state index contributed by atoms with van der Waals surface area (Å²) in [4.78, 5) is 0. The summed E-state index contributed by atoms with van der Waals surface area (Å²) in [6.07, 6.45) is 6.78. The molecule has 1 aliphatic rings. The lowest BCUT2D eigenvalue weighted by Gasteiger charge is -2.29. The second kappa shape index (κ2) is 6.95. The van der Waals surface area contributed by atoms with E-state index in [1.807, 2.05) is 31.2 Å². The molecule has 0 heterocycles. The highest BCUT2D eigenvalue weighted by Crippen LogP contribution is 2.32. The van der Waals surface area contributed by atoms with Crippen LogP contribution in [0.3, 0.4) is 0 Å². The molecule has 2 heteroatoms. The molecule has 0 radical (unpaired) electrons. The summed E-state index contributed by atoms with van der Waals surface area (Å²) in [7, 11) is 0. The topological polar surface area (TPSA) is 29.5 Å². The van der Waals surface area contributed by atoms with Crippen LogP contribution in [0.2, 0.25) is 0 Å². The van der Waals surface area contributed by atoms with Gasteiger partial charge in [0.1, 0.15) is 5.75 Å². The maximum absolute atomic E-state index is 10.0. The maximum atomic E-state index is 10.0. The Balaban J connectivity index is 1.99. The van der Waals surface area contributed by atoms with E-state index < -0.39 is 6.10 Å². The first-order valence-corrected chi connectivity index (χ1v) is 7.68. The zero-order chi connectivity index (χ0) is 13.7. The van der Waals surface area contributed by atoms with Gasteiger partial charge in [-0.05, 0) is 44.1 Å². The quantitative estimate of drug-likeness (QED) is 0.848. The van der Waals surface area contributed by atoms with Gasteiger partial charge in [0.15, 0.2) is 0 Å². The van der Waals surface area contributed by atoms with Crippen molar-refractivity contribution in [3.63, 3.8) is 0 Å². The summed E-state index contributed by atoms with van der Waals surface area (Å²) < 4.78 is 6.14. The molecule has 0 saturated heterocycles. The van der Waals surface area contributed by atoms with Gasteiger partial charge in [-0.25, -0.2) is 0 Å². The fourth-order valence-electron chi connectivity index (χ4n) is 2.92. The molecule has 1 saturated carbocycles. The van der Waals surface area contributed by atoms with E-state index in [-0.39, 0.29) is 0 Å². The molecule has 0 spiro atoms. The molecule has 2 rings (SSSR count). The molecule has 0 unspecified atom stereocenters. The minimum absolute atomic E-state index is 0.327. The van der Waals surface area contributed by atoms with Crippen molar-refractivity contribution < 1.29 is 9.84 Å². The van der Waals surface area contributed by atoms with Crippen molar-refractivity contribution in [2.24, 2.45) is 5.92 Å². The van der Waals surface area contributed by atoms with Gasteiger partial charge in [0.25, 0.3) is 0 Å². The van der Waals surface area contributed by atoms with Crippen molar-refractivity contribution in [1.29, 1.82) is 0 Å². The number of rotatable bonds is 5. The number of benzene rings is 1. The molecular weight excluding hydrogens is 236 g/mol. The number of para-hydroxylation sites is 1. The third-order valence-electron chi connectivity index (χ3n) is 4.33. The molecule has 1 atom stereocenters. The van der Waals surface area contributed by atoms with Crippen LogP contribution in [0.25, 0.3) is 0 Å². The van der Waals surface area contributed by atoms with E-state index in [9.17, 15) is 5.11 Å². The molecular formula is C17H26O2. The molecule has 1 aliphatic carbocycles. The maximum Gasteiger partial charge on any atom is 0.125 e. The Hall–Kier alpha value is -1.02. The number of aliphatic hydroxyl groups excluding tert-OH is 1. The van der Waals surface area contributed by atoms with Crippen LogP contribution in [0, 0.1) is 5.92 Å². The van der Waals surface area contributed by atoms with Gasteiger partial charge in [-0.1, -0.05) is 38.5 Å². The van der Waals surface area contributed by atoms with Gasteiger partial charge in [-0.2, -0.15) is 0 Å². The highest BCUT2D eigenvalue weighted by Gasteiger charge is 2.22. The Kier molecular flexibility index (Phi) is 5.26. The van der Waals surface area contributed by atoms with Crippen molar-refractivity contribution in [3.8, 4) is 5.75 Å². The second-order valence-electron chi connectivity index (χ2n) is 5.63. The standard InChI is InChI=1S/C17H26O2/c1-3-13-9-11-14(12-10-13)19-17-8-6-5-7-15(17)16(18)4-2/h5-8,13-14,16,18H,3-4,9-12H2,1-2H3/t13?,14?,16-/m0/s1. The molecule has 0 aliphatic heterocycles. The SMILES string of the molecule is CCC1CCC(Oc2ccccc2[C@@H](O)CC)CC1. The van der Waals surface area contributed by atoms with Gasteiger partial charge < -0.3 is 9.84 Å². The largest absolute Gasteiger partial charge is 0.490 e. The first-order chi connectivity index (χ1) is 9.24. The van der Waals surface area contributed by atoms with E-state index in [2.05, 4.69) is 6.92 Å². The van der Waals surface area contributed by atoms with E-state index in [0.717, 1.165) is 36.5 Å². The molecule has 1 fully saturated rings. The van der Waals surface area contributed by atoms with E-state index in [4.69, 9.17) is 4.74 Å². The number of hydrogen-bond acceptors (Lipinski definition) is 2. The van der Waals surface area contributed by atoms with E-state index >= 15 is 0 Å². The lowest BCUT2D eigenvalue weighted by atomic mass is 9.86. The van der Waals surface area contributed by atoms with E-state index in [0.29, 0.717) is 6.10 Å². The smallest absolute Gasteiger partial charge is 0.125 e. The minimum atomic E-state index is -0.414. The Bertz CT molecular complexity index is 381. The molecule has 19 heavy (non-hydrogen) atoms. The predicted octanol–water partition coefficient (Wildman–Crippen LogP) is 4.48. The summed E-state index contributed by atoms with van der Waals surface area (Å²) >= 11 is 0. The normalized spacial score (nSPS) is 25.0. The third kappa shape index (κ3) is 3.73. The number of ether oxygens (including phenoxy) is 1. The van der Waals surface area contributed by atoms with Crippen LogP contribution in [0.15, 0.2) is 24.3 Å². The summed E-state index contributed by atoms with van der Waals surface area (Å²) in [5.74, 6) is 1.76. The molecule has 1 aromatic rings. The zero-order valence-corrected chi connectivity index (χ0v) is 12.1. The lowest BCUT2D eigenvalue weighted by Crippen LogP contribution is -2.24. The molecule has 1 aromatic carbocycles. The van der Waals surface area contributed by atoms with Gasteiger partial charge >= 0.3 is 0 Å². The Labute approximate surface area is 116 Å². The molecule has 0 bridgehead atoms. The number of aliphatic hydroxyl groups is 1. The van der Waals surface area contributed by atoms with Gasteiger partial charge in [0.2, 0.25) is 0 Å². The average Bonchev–Trinajstić information content (AvgIpc) is 2.48. The predicted molar refractivity (Wildman–Crippen MR) is 78.4 cm³/mol. The van der Waals surface area contributed by atoms with E-state index in [1.165, 1.54) is 19.3 Å². The second-order valence-corrected chi connectivity index (χ2v) is 5.63. The monoisotopic (exact) mass is 262 g/mol. The Morgan fingerprint density at radius 2 is 1.84 bits per heavy atom. The van der Waals surface area contributed by atoms with Crippen molar-refractivity contribution in [2.75, 3.05) is 0 Å². The molecule has 0 aromatic heterocycles. The van der Waals surface area contributed by atoms with Crippen LogP contribution in [0.1, 0.15) is 64.0 Å². The first kappa shape index (κ1) is 14.4. The summed E-state index contributed by atoms with van der Waals surface area (Å²) in [5.41, 5.74) is 0.933. The highest BCUT2D eigenvalue weighted by molar-refractivity contribution is 5.35. The molecule has 106 valence electrons. The summed E-state index contributed by atoms with van der Waals surface area (Å²) in [6.45, 7) is 4.27. The van der Waals surface area contributed by atoms with Crippen LogP contribution >= 0.6 is 0 Å². The minimum Gasteiger partial charge on any atom is -0.490 e. The fourth-order valence-corrected chi connectivity index (χ4v) is 2.92. The molecule has 1 N–H and O–H groups in total. The average molecular weight is 262 g/mol. The summed E-state index contributed by atoms with van der Waals surface area (Å²) in [6, 6.07) is 7.91. The Morgan fingerprint density at radius 3 is 2.47 bits per heavy atom. The Morgan fingerprint density at radius 1 is 1.16 bits per heavy atom. The summed E-state index contributed by atoms with van der Waals surface area (Å²) in [5, 5.41) is 10.0. The zero-order valence-electron chi connectivity index (χ0n) is 12.1. The third-order valence-corrected chi connectivity index (χ3v) is 4.33. The van der Waals surface area contributed by atoms with Gasteiger partial charge in [0, 0.05) is 5.56 Å². The first-order valence-electron chi connectivity index (χ1n) is 7.68. The fraction of sp³-hybridized carbons (Fsp3) is 0.647. The molecule has 2 nitrogen and oxygen atoms in total. The van der Waals surface area contributed by atoms with Crippen LogP contribution in [0.5, 0.6) is 5.75 Å². The van der Waals surface area contributed by atoms with Crippen LogP contribution in [-0.2, 0) is 0 Å². The van der Waals surface area contributed by atoms with Crippen molar-refractivity contribution in [3.05, 3.63) is 29.8 Å². The van der Waals surface area contributed by atoms with Crippen molar-refractivity contribution in [2.45, 2.75) is 64.6 Å². The van der Waals surface area contributed by atoms with E-state index in [1.54, 1.807) is 0 Å². The van der Waals surface area contributed by atoms with Gasteiger partial charge in [0.05, 0.1) is 12.2 Å². The van der Waals surface area contributed by atoms with Crippen LogP contribution in [-0.4, -0.2) is 11.2 Å². The van der Waals surface area contributed by atoms with Crippen LogP contribution in [0.4, 0.5) is 0 Å². The van der Waals surface area contributed by atoms with Crippen molar-refractivity contribution in [1.82, 2.24) is 0 Å². The highest BCUT2D eigenvalue weighted by atomic mass is 16.5. The van der Waals surface area contributed by atoms with Crippen molar-refractivity contribution >= 4 is 0 Å². The number of hydrogen-bond donors (Lipinski definition) is 1. The lowest BCUT2D eigenvalue weighted by molar-refractivity contribution is 0.119. The van der Waals surface area contributed by atoms with Gasteiger partial charge in [-0.15, -0.1) is 0 Å². The van der Waals surface area contributed by atoms with Gasteiger partial charge in [-0.3, -0.25) is 0 Å².